The summed E-state index contributed by atoms with van der Waals surface area (Å²) in [5.74, 6) is 0. The Bertz CT molecular complexity index is 301. The summed E-state index contributed by atoms with van der Waals surface area (Å²) in [7, 11) is 0. The molecule has 0 fully saturated rings. The van der Waals surface area contributed by atoms with E-state index < -0.39 is 5.54 Å². The molecule has 0 aromatic carbocycles. The molecule has 4 nitrogen and oxygen atoms in total. The summed E-state index contributed by atoms with van der Waals surface area (Å²) in [5.41, 5.74) is -0.588. The quantitative estimate of drug-likeness (QED) is 0.723. The van der Waals surface area contributed by atoms with Gasteiger partial charge in [0.15, 0.2) is 0 Å². The summed E-state index contributed by atoms with van der Waals surface area (Å²) >= 11 is 0. The van der Waals surface area contributed by atoms with Crippen molar-refractivity contribution in [2.45, 2.75) is 32.2 Å². The largest absolute Gasteiger partial charge is 0.394 e. The lowest BCUT2D eigenvalue weighted by Gasteiger charge is -2.30. The first-order valence-corrected chi connectivity index (χ1v) is 4.57. The van der Waals surface area contributed by atoms with Crippen LogP contribution in [0.4, 0.5) is 0 Å². The second-order valence-corrected chi connectivity index (χ2v) is 3.22. The standard InChI is InChI=1S/C9H16N2O2/c1-3-9(4-2,7-12)11-6-5-10-8(11)13/h5-6,12H,3-4,7H2,1-2H3,(H,10,13). The van der Waals surface area contributed by atoms with E-state index in [1.807, 2.05) is 13.8 Å². The maximum absolute atomic E-state index is 11.3. The van der Waals surface area contributed by atoms with Crippen LogP contribution in [-0.2, 0) is 5.54 Å². The van der Waals surface area contributed by atoms with Crippen molar-refractivity contribution in [1.29, 1.82) is 0 Å². The van der Waals surface area contributed by atoms with Gasteiger partial charge in [-0.25, -0.2) is 4.79 Å². The molecule has 0 amide bonds. The zero-order chi connectivity index (χ0) is 9.90. The van der Waals surface area contributed by atoms with E-state index in [4.69, 9.17) is 0 Å². The molecule has 0 radical (unpaired) electrons. The van der Waals surface area contributed by atoms with Crippen LogP contribution in [0.1, 0.15) is 26.7 Å². The predicted octanol–water partition coefficient (Wildman–Crippen LogP) is 0.684. The maximum Gasteiger partial charge on any atom is 0.326 e. The molecule has 1 heterocycles. The molecule has 0 saturated heterocycles. The lowest BCUT2D eigenvalue weighted by atomic mass is 9.94. The van der Waals surface area contributed by atoms with Gasteiger partial charge in [0, 0.05) is 12.4 Å². The Hall–Kier alpha value is -1.03. The third kappa shape index (κ3) is 1.54. The van der Waals surface area contributed by atoms with Gasteiger partial charge in [0.1, 0.15) is 0 Å². The van der Waals surface area contributed by atoms with Crippen molar-refractivity contribution in [3.8, 4) is 0 Å². The van der Waals surface area contributed by atoms with Crippen molar-refractivity contribution in [2.24, 2.45) is 0 Å². The molecule has 1 aromatic heterocycles. The van der Waals surface area contributed by atoms with Gasteiger partial charge in [-0.05, 0) is 12.8 Å². The highest BCUT2D eigenvalue weighted by Crippen LogP contribution is 2.22. The Labute approximate surface area is 77.2 Å². The maximum atomic E-state index is 11.3. The van der Waals surface area contributed by atoms with E-state index in [1.165, 1.54) is 0 Å². The van der Waals surface area contributed by atoms with E-state index in [0.717, 1.165) is 12.8 Å². The van der Waals surface area contributed by atoms with Crippen molar-refractivity contribution in [3.63, 3.8) is 0 Å². The third-order valence-corrected chi connectivity index (χ3v) is 2.77. The third-order valence-electron chi connectivity index (χ3n) is 2.77. The molecule has 0 atom stereocenters. The van der Waals surface area contributed by atoms with Gasteiger partial charge in [-0.3, -0.25) is 4.57 Å². The van der Waals surface area contributed by atoms with Gasteiger partial charge in [-0.15, -0.1) is 0 Å². The number of nitrogens with zero attached hydrogens (tertiary/aromatic N) is 1. The van der Waals surface area contributed by atoms with Gasteiger partial charge in [0.25, 0.3) is 0 Å². The summed E-state index contributed by atoms with van der Waals surface area (Å²) in [6.45, 7) is 3.94. The van der Waals surface area contributed by atoms with Crippen LogP contribution in [0.25, 0.3) is 0 Å². The molecule has 2 N–H and O–H groups in total. The monoisotopic (exact) mass is 184 g/mol. The van der Waals surface area contributed by atoms with Crippen LogP contribution in [0.5, 0.6) is 0 Å². The first kappa shape index (κ1) is 10.1. The topological polar surface area (TPSA) is 58.0 Å². The zero-order valence-corrected chi connectivity index (χ0v) is 8.08. The van der Waals surface area contributed by atoms with Gasteiger partial charge in [0.2, 0.25) is 0 Å². The molecule has 4 heteroatoms. The molecule has 0 aliphatic rings. The minimum Gasteiger partial charge on any atom is -0.394 e. The number of aromatic amines is 1. The highest BCUT2D eigenvalue weighted by Gasteiger charge is 2.28. The predicted molar refractivity (Wildman–Crippen MR) is 50.7 cm³/mol. The average molecular weight is 184 g/mol. The average Bonchev–Trinajstić information content (AvgIpc) is 2.57. The van der Waals surface area contributed by atoms with Crippen molar-refractivity contribution >= 4 is 0 Å². The summed E-state index contributed by atoms with van der Waals surface area (Å²) in [4.78, 5) is 13.9. The van der Waals surface area contributed by atoms with Crippen LogP contribution < -0.4 is 5.69 Å². The second-order valence-electron chi connectivity index (χ2n) is 3.22. The van der Waals surface area contributed by atoms with Gasteiger partial charge in [-0.2, -0.15) is 0 Å². The van der Waals surface area contributed by atoms with E-state index in [2.05, 4.69) is 4.98 Å². The summed E-state index contributed by atoms with van der Waals surface area (Å²) in [5, 5.41) is 9.30. The molecule has 0 aliphatic carbocycles. The smallest absolute Gasteiger partial charge is 0.326 e. The highest BCUT2D eigenvalue weighted by atomic mass is 16.3. The van der Waals surface area contributed by atoms with E-state index in [0.29, 0.717) is 0 Å². The number of H-pyrrole nitrogens is 1. The lowest BCUT2D eigenvalue weighted by Crippen LogP contribution is -2.41. The minimum atomic E-state index is -0.433. The summed E-state index contributed by atoms with van der Waals surface area (Å²) < 4.78 is 1.58. The fourth-order valence-corrected chi connectivity index (χ4v) is 1.58. The number of hydrogen-bond acceptors (Lipinski definition) is 2. The normalized spacial score (nSPS) is 11.9. The number of aliphatic hydroxyl groups excluding tert-OH is 1. The highest BCUT2D eigenvalue weighted by molar-refractivity contribution is 4.90. The summed E-state index contributed by atoms with van der Waals surface area (Å²) in [6.07, 6.45) is 4.78. The van der Waals surface area contributed by atoms with Crippen molar-refractivity contribution in [1.82, 2.24) is 9.55 Å². The van der Waals surface area contributed by atoms with Crippen LogP contribution in [0, 0.1) is 0 Å². The number of aliphatic hydroxyl groups is 1. The van der Waals surface area contributed by atoms with Crippen LogP contribution in [0.2, 0.25) is 0 Å². The number of rotatable bonds is 4. The molecule has 1 rings (SSSR count). The number of aromatic nitrogens is 2. The van der Waals surface area contributed by atoms with Gasteiger partial charge in [0.05, 0.1) is 12.1 Å². The van der Waals surface area contributed by atoms with Crippen molar-refractivity contribution in [3.05, 3.63) is 22.9 Å². The lowest BCUT2D eigenvalue weighted by molar-refractivity contribution is 0.119. The fraction of sp³-hybridized carbons (Fsp3) is 0.667. The van der Waals surface area contributed by atoms with Gasteiger partial charge >= 0.3 is 5.69 Å². The number of hydrogen-bond donors (Lipinski definition) is 2. The van der Waals surface area contributed by atoms with Crippen molar-refractivity contribution < 1.29 is 5.11 Å². The van der Waals surface area contributed by atoms with Gasteiger partial charge < -0.3 is 10.1 Å². The van der Waals surface area contributed by atoms with Gasteiger partial charge in [-0.1, -0.05) is 13.8 Å². The molecule has 0 bridgehead atoms. The van der Waals surface area contributed by atoms with E-state index in [1.54, 1.807) is 17.0 Å². The second kappa shape index (κ2) is 3.79. The van der Waals surface area contributed by atoms with Crippen LogP contribution >= 0.6 is 0 Å². The Morgan fingerprint density at radius 3 is 2.46 bits per heavy atom. The summed E-state index contributed by atoms with van der Waals surface area (Å²) in [6, 6.07) is 0. The zero-order valence-electron chi connectivity index (χ0n) is 8.08. The molecule has 0 unspecified atom stereocenters. The molecule has 0 aliphatic heterocycles. The van der Waals surface area contributed by atoms with E-state index >= 15 is 0 Å². The van der Waals surface area contributed by atoms with Crippen molar-refractivity contribution in [2.75, 3.05) is 6.61 Å². The fourth-order valence-electron chi connectivity index (χ4n) is 1.58. The minimum absolute atomic E-state index is 0.00222. The molecule has 0 spiro atoms. The van der Waals surface area contributed by atoms with Crippen LogP contribution in [0.3, 0.4) is 0 Å². The van der Waals surface area contributed by atoms with Crippen LogP contribution in [-0.4, -0.2) is 21.3 Å². The van der Waals surface area contributed by atoms with Crippen LogP contribution in [0.15, 0.2) is 17.2 Å². The Morgan fingerprint density at radius 1 is 1.54 bits per heavy atom. The molecule has 74 valence electrons. The number of nitrogens with one attached hydrogen (secondary N) is 1. The molecule has 1 aromatic rings. The number of imidazole rings is 1. The molecule has 13 heavy (non-hydrogen) atoms. The van der Waals surface area contributed by atoms with E-state index in [9.17, 15) is 9.90 Å². The first-order valence-electron chi connectivity index (χ1n) is 4.57. The molecule has 0 saturated carbocycles. The SMILES string of the molecule is CCC(CC)(CO)n1cc[nH]c1=O. The first-order chi connectivity index (χ1) is 6.20. The molecular formula is C9H16N2O2. The Kier molecular flexibility index (Phi) is 2.93. The molecular weight excluding hydrogens is 168 g/mol. The Morgan fingerprint density at radius 2 is 2.15 bits per heavy atom. The van der Waals surface area contributed by atoms with E-state index in [-0.39, 0.29) is 12.3 Å². The Balaban J connectivity index is 3.15.